The molecule has 2 nitrogen and oxygen atoms in total. The number of halogens is 4. The van der Waals surface area contributed by atoms with Crippen molar-refractivity contribution in [2.45, 2.75) is 24.3 Å². The van der Waals surface area contributed by atoms with Gasteiger partial charge in [0.2, 0.25) is 0 Å². The van der Waals surface area contributed by atoms with E-state index in [1.165, 1.54) is 6.08 Å². The summed E-state index contributed by atoms with van der Waals surface area (Å²) < 4.78 is 0.104. The summed E-state index contributed by atoms with van der Waals surface area (Å²) in [5, 5.41) is 3.53. The lowest BCUT2D eigenvalue weighted by molar-refractivity contribution is 0.00200. The standard InChI is InChI=1S/C7H7Cl4NO/c1-7(3-6(11)12-13-7)4(8)2-5(9)10/h2,4H,3H2,1H3. The molecule has 0 aromatic heterocycles. The van der Waals surface area contributed by atoms with Crippen molar-refractivity contribution in [1.82, 2.24) is 0 Å². The molecule has 0 aliphatic carbocycles. The molecule has 0 saturated heterocycles. The van der Waals surface area contributed by atoms with Gasteiger partial charge in [0.05, 0.1) is 5.38 Å². The van der Waals surface area contributed by atoms with Gasteiger partial charge in [-0.3, -0.25) is 0 Å². The molecule has 0 aromatic rings. The van der Waals surface area contributed by atoms with E-state index in [-0.39, 0.29) is 4.49 Å². The van der Waals surface area contributed by atoms with Crippen molar-refractivity contribution in [1.29, 1.82) is 0 Å². The van der Waals surface area contributed by atoms with Crippen LogP contribution >= 0.6 is 46.4 Å². The molecular formula is C7H7Cl4NO. The fourth-order valence-corrected chi connectivity index (χ4v) is 1.87. The van der Waals surface area contributed by atoms with Crippen molar-refractivity contribution < 1.29 is 4.84 Å². The maximum absolute atomic E-state index is 5.99. The smallest absolute Gasteiger partial charge is 0.161 e. The first-order chi connectivity index (χ1) is 5.94. The average Bonchev–Trinajstić information content (AvgIpc) is 2.31. The van der Waals surface area contributed by atoms with Crippen LogP contribution < -0.4 is 0 Å². The number of rotatable bonds is 2. The average molecular weight is 263 g/mol. The zero-order valence-corrected chi connectivity index (χ0v) is 9.75. The topological polar surface area (TPSA) is 21.6 Å². The molecule has 13 heavy (non-hydrogen) atoms. The fourth-order valence-electron chi connectivity index (χ4n) is 0.943. The third-order valence-electron chi connectivity index (χ3n) is 1.71. The Morgan fingerprint density at radius 1 is 1.69 bits per heavy atom. The Morgan fingerprint density at radius 2 is 2.31 bits per heavy atom. The summed E-state index contributed by atoms with van der Waals surface area (Å²) in [6.07, 6.45) is 1.94. The summed E-state index contributed by atoms with van der Waals surface area (Å²) in [5.74, 6) is 0. The van der Waals surface area contributed by atoms with Crippen LogP contribution in [0.25, 0.3) is 0 Å². The first-order valence-electron chi connectivity index (χ1n) is 3.51. The molecule has 0 aromatic carbocycles. The van der Waals surface area contributed by atoms with Crippen LogP contribution in [0.2, 0.25) is 0 Å². The highest BCUT2D eigenvalue weighted by atomic mass is 35.5. The Balaban J connectivity index is 2.68. The SMILES string of the molecule is CC1(C(Cl)C=C(Cl)Cl)CC(Cl)=NO1. The third-order valence-corrected chi connectivity index (χ3v) is 2.75. The molecule has 0 fully saturated rings. The van der Waals surface area contributed by atoms with Gasteiger partial charge < -0.3 is 4.84 Å². The quantitative estimate of drug-likeness (QED) is 0.697. The summed E-state index contributed by atoms with van der Waals surface area (Å²) in [6, 6.07) is 0. The number of hydrogen-bond donors (Lipinski definition) is 0. The second-order valence-electron chi connectivity index (χ2n) is 2.91. The minimum Gasteiger partial charge on any atom is -0.386 e. The monoisotopic (exact) mass is 261 g/mol. The Morgan fingerprint density at radius 3 is 2.69 bits per heavy atom. The lowest BCUT2D eigenvalue weighted by Crippen LogP contribution is -2.34. The number of oxime groups is 1. The molecular weight excluding hydrogens is 256 g/mol. The third kappa shape index (κ3) is 2.91. The molecule has 1 rings (SSSR count). The van der Waals surface area contributed by atoms with Gasteiger partial charge in [-0.2, -0.15) is 0 Å². The molecule has 0 saturated carbocycles. The number of hydrogen-bond acceptors (Lipinski definition) is 2. The molecule has 1 aliphatic rings. The van der Waals surface area contributed by atoms with Crippen molar-refractivity contribution in [2.24, 2.45) is 5.16 Å². The van der Waals surface area contributed by atoms with Crippen LogP contribution in [0.5, 0.6) is 0 Å². The van der Waals surface area contributed by atoms with E-state index >= 15 is 0 Å². The Labute approximate surface area is 96.4 Å². The van der Waals surface area contributed by atoms with Gasteiger partial charge in [0.25, 0.3) is 0 Å². The number of alkyl halides is 1. The zero-order valence-electron chi connectivity index (χ0n) is 6.73. The van der Waals surface area contributed by atoms with E-state index in [1.807, 2.05) is 0 Å². The highest BCUT2D eigenvalue weighted by molar-refractivity contribution is 6.65. The van der Waals surface area contributed by atoms with Gasteiger partial charge in [-0.15, -0.1) is 11.6 Å². The first-order valence-corrected chi connectivity index (χ1v) is 5.08. The van der Waals surface area contributed by atoms with Crippen LogP contribution in [-0.4, -0.2) is 16.1 Å². The minimum atomic E-state index is -0.659. The van der Waals surface area contributed by atoms with E-state index in [0.717, 1.165) is 0 Å². The van der Waals surface area contributed by atoms with Gasteiger partial charge in [0.15, 0.2) is 5.60 Å². The van der Waals surface area contributed by atoms with Crippen LogP contribution in [0.15, 0.2) is 15.7 Å². The van der Waals surface area contributed by atoms with E-state index in [2.05, 4.69) is 5.16 Å². The van der Waals surface area contributed by atoms with E-state index in [0.29, 0.717) is 11.6 Å². The van der Waals surface area contributed by atoms with Crippen LogP contribution in [0.4, 0.5) is 0 Å². The molecule has 0 radical (unpaired) electrons. The van der Waals surface area contributed by atoms with E-state index in [1.54, 1.807) is 6.92 Å². The van der Waals surface area contributed by atoms with Crippen LogP contribution in [0.3, 0.4) is 0 Å². The molecule has 0 spiro atoms. The van der Waals surface area contributed by atoms with Crippen LogP contribution in [-0.2, 0) is 4.84 Å². The summed E-state index contributed by atoms with van der Waals surface area (Å²) >= 11 is 22.6. The van der Waals surface area contributed by atoms with Crippen molar-refractivity contribution in [2.75, 3.05) is 0 Å². The van der Waals surface area contributed by atoms with E-state index in [4.69, 9.17) is 51.2 Å². The first kappa shape index (κ1) is 11.4. The van der Waals surface area contributed by atoms with Gasteiger partial charge in [-0.25, -0.2) is 0 Å². The minimum absolute atomic E-state index is 0.104. The lowest BCUT2D eigenvalue weighted by Gasteiger charge is -2.24. The Kier molecular flexibility index (Phi) is 3.75. The van der Waals surface area contributed by atoms with Gasteiger partial charge >= 0.3 is 0 Å². The Bertz CT molecular complexity index is 261. The second-order valence-corrected chi connectivity index (χ2v) is 4.82. The van der Waals surface area contributed by atoms with Gasteiger partial charge in [-0.05, 0) is 13.0 Å². The molecule has 0 amide bonds. The largest absolute Gasteiger partial charge is 0.386 e. The predicted octanol–water partition coefficient (Wildman–Crippen LogP) is 3.64. The molecule has 2 unspecified atom stereocenters. The molecule has 6 heteroatoms. The maximum atomic E-state index is 5.99. The highest BCUT2D eigenvalue weighted by Crippen LogP contribution is 2.33. The summed E-state index contributed by atoms with van der Waals surface area (Å²) in [4.78, 5) is 5.08. The van der Waals surface area contributed by atoms with Gasteiger partial charge in [-0.1, -0.05) is 40.0 Å². The molecule has 2 atom stereocenters. The van der Waals surface area contributed by atoms with Gasteiger partial charge in [0, 0.05) is 6.42 Å². The number of nitrogens with zero attached hydrogens (tertiary/aromatic N) is 1. The molecule has 0 N–H and O–H groups in total. The van der Waals surface area contributed by atoms with Crippen molar-refractivity contribution >= 4 is 51.6 Å². The molecule has 0 bridgehead atoms. The van der Waals surface area contributed by atoms with Crippen LogP contribution in [0, 0.1) is 0 Å². The van der Waals surface area contributed by atoms with Crippen molar-refractivity contribution in [3.8, 4) is 0 Å². The maximum Gasteiger partial charge on any atom is 0.161 e. The van der Waals surface area contributed by atoms with Gasteiger partial charge in [0.1, 0.15) is 9.66 Å². The summed E-state index contributed by atoms with van der Waals surface area (Å²) in [6.45, 7) is 1.79. The molecule has 1 heterocycles. The molecule has 1 aliphatic heterocycles. The summed E-state index contributed by atoms with van der Waals surface area (Å²) in [5.41, 5.74) is -0.659. The normalized spacial score (nSPS) is 29.2. The fraction of sp³-hybridized carbons (Fsp3) is 0.571. The molecule has 74 valence electrons. The Hall–Kier alpha value is 0.370. The van der Waals surface area contributed by atoms with E-state index in [9.17, 15) is 0 Å². The van der Waals surface area contributed by atoms with Crippen LogP contribution in [0.1, 0.15) is 13.3 Å². The summed E-state index contributed by atoms with van der Waals surface area (Å²) in [7, 11) is 0. The van der Waals surface area contributed by atoms with E-state index < -0.39 is 11.0 Å². The predicted molar refractivity (Wildman–Crippen MR) is 56.8 cm³/mol. The van der Waals surface area contributed by atoms with Crippen molar-refractivity contribution in [3.05, 3.63) is 10.6 Å². The second kappa shape index (κ2) is 4.26. The van der Waals surface area contributed by atoms with Crippen molar-refractivity contribution in [3.63, 3.8) is 0 Å². The lowest BCUT2D eigenvalue weighted by atomic mass is 9.99. The highest BCUT2D eigenvalue weighted by Gasteiger charge is 2.40. The zero-order chi connectivity index (χ0) is 10.1.